The van der Waals surface area contributed by atoms with Crippen LogP contribution < -0.4 is 21.3 Å². The summed E-state index contributed by atoms with van der Waals surface area (Å²) in [5.74, 6) is -6.15. The summed E-state index contributed by atoms with van der Waals surface area (Å²) in [5, 5.41) is 19.9. The van der Waals surface area contributed by atoms with Crippen molar-refractivity contribution in [3.8, 4) is 0 Å². The van der Waals surface area contributed by atoms with Gasteiger partial charge >= 0.3 is 18.0 Å². The third kappa shape index (κ3) is 19.9. The molecule has 1 aliphatic heterocycles. The predicted molar refractivity (Wildman–Crippen MR) is 266 cm³/mol. The summed E-state index contributed by atoms with van der Waals surface area (Å²) in [6.07, 6.45) is 3.83. The van der Waals surface area contributed by atoms with E-state index >= 15 is 0 Å². The van der Waals surface area contributed by atoms with Crippen LogP contribution in [0.2, 0.25) is 0 Å². The molecule has 9 atom stereocenters. The van der Waals surface area contributed by atoms with Gasteiger partial charge in [0.25, 0.3) is 5.91 Å². The number of aliphatic hydroxyl groups excluding tert-OH is 1. The van der Waals surface area contributed by atoms with Crippen LogP contribution in [0, 0.1) is 17.8 Å². The Bertz CT molecular complexity index is 1960. The Morgan fingerprint density at radius 1 is 0.886 bits per heavy atom. The van der Waals surface area contributed by atoms with Crippen LogP contribution in [0.5, 0.6) is 0 Å². The summed E-state index contributed by atoms with van der Waals surface area (Å²) >= 11 is 0. The van der Waals surface area contributed by atoms with Gasteiger partial charge in [-0.2, -0.15) is 0 Å². The standard InChI is InChI=1S/C52H82N6O12/c1-13-33(5)44-47(62)55-38(10)51(66)70-45(34(6)14-2)36(8)41(69-52(67)53-27-21-16-15-17-22-28-59)26-25-35(7)50(65)68-42(29-32(3)4)46(61)54-37(9)48(63)58(12)40(30-39-23-19-18-20-24-39)49(64)57(11)31-43(60)56-44/h14,18-20,23-25,32-33,36-38,40-42,44-45,59H,13,15-17,21-22,26-31H2,1-12H3,(H,53,67)(H,54,61)(H,55,62)(H,56,60)/b34-14+,35-25+/t33-,36+,37+,38-,40-,41+,42-,44+,45-/m1/s1. The van der Waals surface area contributed by atoms with E-state index in [4.69, 9.17) is 19.3 Å². The molecule has 70 heavy (non-hydrogen) atoms. The number of likely N-dealkylation sites (N-methyl/N-ethyl adjacent to an activating group) is 2. The molecule has 0 aliphatic carbocycles. The van der Waals surface area contributed by atoms with Gasteiger partial charge in [-0.15, -0.1) is 0 Å². The molecule has 0 bridgehead atoms. The number of esters is 2. The molecule has 1 heterocycles. The zero-order chi connectivity index (χ0) is 52.7. The van der Waals surface area contributed by atoms with Crippen molar-refractivity contribution < 1.29 is 57.7 Å². The SMILES string of the molecule is C/C=C(\C)[C@H]1OC(=O)[C@@H](C)NC(=O)[C@H]([C@H](C)CC)NC(=O)CN(C)C(=O)[C@@H](Cc2ccccc2)N(C)C(=O)[C@H](C)NC(=O)[C@@H](CC(C)C)OC(=O)/C(C)=C/C[C@H](OC(=O)NCCCCCCCO)[C@@H]1C. The minimum atomic E-state index is -1.32. The van der Waals surface area contributed by atoms with Crippen LogP contribution >= 0.6 is 0 Å². The molecule has 0 spiro atoms. The van der Waals surface area contributed by atoms with Gasteiger partial charge in [-0.1, -0.05) is 103 Å². The Morgan fingerprint density at radius 2 is 1.51 bits per heavy atom. The molecule has 1 aromatic carbocycles. The summed E-state index contributed by atoms with van der Waals surface area (Å²) in [4.78, 5) is 113. The van der Waals surface area contributed by atoms with Crippen LogP contribution in [0.25, 0.3) is 0 Å². The van der Waals surface area contributed by atoms with Crippen molar-refractivity contribution in [2.75, 3.05) is 33.8 Å². The summed E-state index contributed by atoms with van der Waals surface area (Å²) in [6, 6.07) is 4.35. The highest BCUT2D eigenvalue weighted by atomic mass is 16.6. The van der Waals surface area contributed by atoms with E-state index in [9.17, 15) is 38.4 Å². The fourth-order valence-corrected chi connectivity index (χ4v) is 7.83. The number of hydrogen-bond donors (Lipinski definition) is 5. The normalized spacial score (nSPS) is 26.0. The van der Waals surface area contributed by atoms with Crippen molar-refractivity contribution in [2.24, 2.45) is 17.8 Å². The van der Waals surface area contributed by atoms with Crippen molar-refractivity contribution in [3.63, 3.8) is 0 Å². The van der Waals surface area contributed by atoms with Crippen molar-refractivity contribution in [2.45, 2.75) is 170 Å². The molecule has 1 aliphatic rings. The van der Waals surface area contributed by atoms with Crippen molar-refractivity contribution in [1.82, 2.24) is 31.1 Å². The molecule has 392 valence electrons. The highest BCUT2D eigenvalue weighted by Gasteiger charge is 2.37. The lowest BCUT2D eigenvalue weighted by Gasteiger charge is -2.33. The summed E-state index contributed by atoms with van der Waals surface area (Å²) in [5.41, 5.74) is 1.43. The molecule has 0 fully saturated rings. The molecule has 18 nitrogen and oxygen atoms in total. The minimum absolute atomic E-state index is 0.0404. The molecule has 0 saturated carbocycles. The van der Waals surface area contributed by atoms with Crippen LogP contribution in [0.3, 0.4) is 0 Å². The lowest BCUT2D eigenvalue weighted by molar-refractivity contribution is -0.155. The Labute approximate surface area is 415 Å². The summed E-state index contributed by atoms with van der Waals surface area (Å²) in [6.45, 7) is 16.9. The number of aliphatic hydroxyl groups is 1. The second-order valence-corrected chi connectivity index (χ2v) is 19.0. The number of carbonyl (C=O) groups excluding carboxylic acids is 8. The zero-order valence-corrected chi connectivity index (χ0v) is 43.6. The van der Waals surface area contributed by atoms with Gasteiger partial charge in [-0.25, -0.2) is 14.4 Å². The first kappa shape index (κ1) is 60.3. The lowest BCUT2D eigenvalue weighted by Crippen LogP contribution is -2.57. The number of ether oxygens (including phenoxy) is 3. The Balaban J connectivity index is 2.67. The topological polar surface area (TPSA) is 239 Å². The third-order valence-electron chi connectivity index (χ3n) is 12.7. The maximum Gasteiger partial charge on any atom is 0.407 e. The Hall–Kier alpha value is -5.78. The second kappa shape index (κ2) is 30.7. The molecule has 0 saturated heterocycles. The number of allylic oxidation sites excluding steroid dienone is 1. The minimum Gasteiger partial charge on any atom is -0.456 e. The van der Waals surface area contributed by atoms with Crippen molar-refractivity contribution >= 4 is 47.6 Å². The smallest absolute Gasteiger partial charge is 0.407 e. The van der Waals surface area contributed by atoms with E-state index in [0.29, 0.717) is 31.4 Å². The number of cyclic esters (lactones) is 2. The molecule has 5 N–H and O–H groups in total. The van der Waals surface area contributed by atoms with E-state index in [-0.39, 0.29) is 37.4 Å². The average molecular weight is 983 g/mol. The monoisotopic (exact) mass is 983 g/mol. The largest absolute Gasteiger partial charge is 0.456 e. The van der Waals surface area contributed by atoms with E-state index in [1.165, 1.54) is 45.8 Å². The highest BCUT2D eigenvalue weighted by molar-refractivity contribution is 5.96. The van der Waals surface area contributed by atoms with E-state index in [1.54, 1.807) is 58.0 Å². The van der Waals surface area contributed by atoms with Gasteiger partial charge in [0.15, 0.2) is 6.10 Å². The first-order valence-corrected chi connectivity index (χ1v) is 24.8. The van der Waals surface area contributed by atoms with Crippen molar-refractivity contribution in [3.05, 3.63) is 59.2 Å². The zero-order valence-electron chi connectivity index (χ0n) is 43.6. The molecule has 6 amide bonds. The molecule has 2 rings (SSSR count). The van der Waals surface area contributed by atoms with Crippen molar-refractivity contribution in [1.29, 1.82) is 0 Å². The number of unbranched alkanes of at least 4 members (excludes halogenated alkanes) is 4. The number of rotatable bonds is 15. The quantitative estimate of drug-likeness (QED) is 0.0682. The molecular formula is C52H82N6O12. The highest BCUT2D eigenvalue weighted by Crippen LogP contribution is 2.26. The van der Waals surface area contributed by atoms with Gasteiger partial charge in [0.1, 0.15) is 36.4 Å². The number of benzene rings is 1. The van der Waals surface area contributed by atoms with E-state index < -0.39 is 108 Å². The van der Waals surface area contributed by atoms with Gasteiger partial charge in [0.2, 0.25) is 23.6 Å². The molecule has 0 radical (unpaired) electrons. The predicted octanol–water partition coefficient (Wildman–Crippen LogP) is 4.91. The maximum absolute atomic E-state index is 14.3. The van der Waals surface area contributed by atoms with Gasteiger partial charge in [-0.05, 0) is 76.9 Å². The van der Waals surface area contributed by atoms with Gasteiger partial charge < -0.3 is 50.4 Å². The number of carbonyl (C=O) groups is 8. The molecular weight excluding hydrogens is 901 g/mol. The van der Waals surface area contributed by atoms with Crippen LogP contribution in [-0.4, -0.2) is 139 Å². The number of hydrogen-bond acceptors (Lipinski definition) is 12. The fraction of sp³-hybridized carbons (Fsp3) is 0.654. The number of nitrogens with zero attached hydrogens (tertiary/aromatic N) is 2. The molecule has 0 unspecified atom stereocenters. The fourth-order valence-electron chi connectivity index (χ4n) is 7.83. The van der Waals surface area contributed by atoms with Crippen LogP contribution in [-0.2, 0) is 54.2 Å². The van der Waals surface area contributed by atoms with Crippen LogP contribution in [0.15, 0.2) is 53.6 Å². The summed E-state index contributed by atoms with van der Waals surface area (Å²) in [7, 11) is 2.84. The maximum atomic E-state index is 14.3. The Morgan fingerprint density at radius 3 is 2.13 bits per heavy atom. The van der Waals surface area contributed by atoms with Crippen LogP contribution in [0.1, 0.15) is 126 Å². The van der Waals surface area contributed by atoms with Gasteiger partial charge in [0, 0.05) is 51.6 Å². The third-order valence-corrected chi connectivity index (χ3v) is 12.7. The van der Waals surface area contributed by atoms with E-state index in [1.807, 2.05) is 26.8 Å². The first-order valence-electron chi connectivity index (χ1n) is 24.8. The molecule has 0 aromatic heterocycles. The Kier molecular flexibility index (Phi) is 26.5. The van der Waals surface area contributed by atoms with Crippen LogP contribution in [0.4, 0.5) is 4.79 Å². The molecule has 18 heteroatoms. The summed E-state index contributed by atoms with van der Waals surface area (Å²) < 4.78 is 17.9. The van der Waals surface area contributed by atoms with E-state index in [0.717, 1.165) is 29.7 Å². The van der Waals surface area contributed by atoms with E-state index in [2.05, 4.69) is 21.3 Å². The number of amides is 6. The second-order valence-electron chi connectivity index (χ2n) is 19.0. The number of nitrogens with one attached hydrogen (secondary N) is 4. The first-order chi connectivity index (χ1) is 33.1. The lowest BCUT2D eigenvalue weighted by atomic mass is 9.90. The average Bonchev–Trinajstić information content (AvgIpc) is 3.32. The molecule has 1 aromatic rings. The van der Waals surface area contributed by atoms with Gasteiger partial charge in [-0.3, -0.25) is 24.0 Å². The van der Waals surface area contributed by atoms with Gasteiger partial charge in [0.05, 0.1) is 6.54 Å². The number of alkyl carbamates (subject to hydrolysis) is 1.